The molecular formula is C30H34Cl2N2O. The lowest BCUT2D eigenvalue weighted by Gasteiger charge is -2.44. The van der Waals surface area contributed by atoms with Crippen molar-refractivity contribution in [3.63, 3.8) is 0 Å². The fourth-order valence-electron chi connectivity index (χ4n) is 4.01. The van der Waals surface area contributed by atoms with Gasteiger partial charge < -0.3 is 4.90 Å². The number of pyridine rings is 1. The van der Waals surface area contributed by atoms with Crippen molar-refractivity contribution in [3.05, 3.63) is 113 Å². The first-order valence-corrected chi connectivity index (χ1v) is 13.0. The van der Waals surface area contributed by atoms with E-state index in [4.69, 9.17) is 23.2 Å². The Labute approximate surface area is 219 Å². The van der Waals surface area contributed by atoms with E-state index < -0.39 is 0 Å². The Balaban J connectivity index is 0.000000282. The Morgan fingerprint density at radius 3 is 2.11 bits per heavy atom. The van der Waals surface area contributed by atoms with Gasteiger partial charge in [0.2, 0.25) is 5.91 Å². The molecule has 1 saturated carbocycles. The maximum absolute atomic E-state index is 13.3. The van der Waals surface area contributed by atoms with Crippen molar-refractivity contribution in [2.24, 2.45) is 5.41 Å². The summed E-state index contributed by atoms with van der Waals surface area (Å²) in [7, 11) is 0. The second kappa shape index (κ2) is 13.5. The highest BCUT2D eigenvalue weighted by Crippen LogP contribution is 2.43. The van der Waals surface area contributed by atoms with Crippen LogP contribution in [-0.2, 0) is 11.3 Å². The van der Waals surface area contributed by atoms with E-state index in [0.29, 0.717) is 18.0 Å². The van der Waals surface area contributed by atoms with Crippen LogP contribution in [0.2, 0.25) is 10.0 Å². The highest BCUT2D eigenvalue weighted by Gasteiger charge is 2.43. The molecule has 1 saturated heterocycles. The van der Waals surface area contributed by atoms with Gasteiger partial charge in [-0.3, -0.25) is 9.78 Å². The van der Waals surface area contributed by atoms with Crippen molar-refractivity contribution >= 4 is 29.1 Å². The van der Waals surface area contributed by atoms with E-state index in [0.717, 1.165) is 29.1 Å². The topological polar surface area (TPSA) is 33.2 Å². The van der Waals surface area contributed by atoms with Gasteiger partial charge in [-0.15, -0.1) is 6.58 Å². The maximum atomic E-state index is 13.3. The molecule has 3 aromatic rings. The standard InChI is InChI=1S/C21H23ClN2O.C6H5Cl.C3H6/c1-3-12-21(2)13-11-19(16-7-9-17(22)10-8-16)24(20(21)25)15-18-6-4-5-14-23-18;7-6-4-2-1-3-5-6;1-2-3-1/h3-10,14,19H,1,11-13,15H2,2H3;1-5H;1-3H2/t19-,21?;;/m0../s1. The average molecular weight is 510 g/mol. The highest BCUT2D eigenvalue weighted by atomic mass is 35.5. The first kappa shape index (κ1) is 27.0. The first-order chi connectivity index (χ1) is 16.9. The zero-order valence-corrected chi connectivity index (χ0v) is 21.9. The third-order valence-corrected chi connectivity index (χ3v) is 6.62. The second-order valence-electron chi connectivity index (χ2n) is 9.27. The average Bonchev–Trinajstić information content (AvgIpc) is 3.75. The second-order valence-corrected chi connectivity index (χ2v) is 10.1. The molecule has 2 aromatic carbocycles. The number of benzene rings is 2. The molecule has 2 atom stereocenters. The minimum Gasteiger partial charge on any atom is -0.329 e. The van der Waals surface area contributed by atoms with E-state index in [1.54, 1.807) is 6.20 Å². The van der Waals surface area contributed by atoms with Crippen molar-refractivity contribution in [2.75, 3.05) is 0 Å². The summed E-state index contributed by atoms with van der Waals surface area (Å²) in [6, 6.07) is 23.1. The number of amides is 1. The van der Waals surface area contributed by atoms with Gasteiger partial charge >= 0.3 is 0 Å². The fourth-order valence-corrected chi connectivity index (χ4v) is 4.28. The number of hydrogen-bond donors (Lipinski definition) is 0. The third kappa shape index (κ3) is 8.52. The van der Waals surface area contributed by atoms with Gasteiger partial charge in [0.15, 0.2) is 0 Å². The van der Waals surface area contributed by atoms with E-state index in [1.165, 1.54) is 19.3 Å². The Hall–Kier alpha value is -2.62. The number of aromatic nitrogens is 1. The molecule has 1 aromatic heterocycles. The number of carbonyl (C=O) groups excluding carboxylic acids is 1. The van der Waals surface area contributed by atoms with E-state index in [2.05, 4.69) is 11.6 Å². The van der Waals surface area contributed by atoms with Crippen molar-refractivity contribution in [1.82, 2.24) is 9.88 Å². The summed E-state index contributed by atoms with van der Waals surface area (Å²) in [5.41, 5.74) is 1.63. The molecule has 5 rings (SSSR count). The largest absolute Gasteiger partial charge is 0.329 e. The summed E-state index contributed by atoms with van der Waals surface area (Å²) in [4.78, 5) is 19.7. The lowest BCUT2D eigenvalue weighted by Crippen LogP contribution is -2.48. The van der Waals surface area contributed by atoms with Crippen LogP contribution in [0.15, 0.2) is 91.6 Å². The summed E-state index contributed by atoms with van der Waals surface area (Å²) in [5, 5.41) is 1.50. The van der Waals surface area contributed by atoms with Crippen LogP contribution in [0.3, 0.4) is 0 Å². The Bertz CT molecular complexity index is 1050. The molecule has 1 unspecified atom stereocenters. The molecule has 2 fully saturated rings. The third-order valence-electron chi connectivity index (χ3n) is 6.12. The number of allylic oxidation sites excluding steroid dienone is 1. The molecule has 1 aliphatic heterocycles. The number of piperidine rings is 1. The van der Waals surface area contributed by atoms with Crippen molar-refractivity contribution in [3.8, 4) is 0 Å². The quantitative estimate of drug-likeness (QED) is 0.322. The molecule has 0 radical (unpaired) electrons. The summed E-state index contributed by atoms with van der Waals surface area (Å²) in [6.07, 6.45) is 10.6. The van der Waals surface area contributed by atoms with Crippen molar-refractivity contribution < 1.29 is 4.79 Å². The minimum absolute atomic E-state index is 0.0460. The zero-order chi connectivity index (χ0) is 25.1. The molecule has 35 heavy (non-hydrogen) atoms. The highest BCUT2D eigenvalue weighted by molar-refractivity contribution is 6.30. The van der Waals surface area contributed by atoms with Crippen LogP contribution in [0.25, 0.3) is 0 Å². The smallest absolute Gasteiger partial charge is 0.229 e. The zero-order valence-electron chi connectivity index (χ0n) is 20.4. The molecule has 2 heterocycles. The van der Waals surface area contributed by atoms with Gasteiger partial charge in [-0.1, -0.05) is 91.9 Å². The van der Waals surface area contributed by atoms with Gasteiger partial charge in [0.1, 0.15) is 0 Å². The van der Waals surface area contributed by atoms with E-state index in [9.17, 15) is 4.79 Å². The van der Waals surface area contributed by atoms with Crippen molar-refractivity contribution in [1.29, 1.82) is 0 Å². The number of likely N-dealkylation sites (tertiary alicyclic amines) is 1. The van der Waals surface area contributed by atoms with E-state index in [-0.39, 0.29) is 17.4 Å². The fraction of sp³-hybridized carbons (Fsp3) is 0.333. The summed E-state index contributed by atoms with van der Waals surface area (Å²) in [5.74, 6) is 0.171. The molecule has 2 aliphatic rings. The number of rotatable bonds is 5. The van der Waals surface area contributed by atoms with Gasteiger partial charge in [-0.25, -0.2) is 0 Å². The molecule has 0 N–H and O–H groups in total. The Morgan fingerprint density at radius 1 is 0.971 bits per heavy atom. The lowest BCUT2D eigenvalue weighted by atomic mass is 9.75. The van der Waals surface area contributed by atoms with Gasteiger partial charge in [-0.2, -0.15) is 0 Å². The van der Waals surface area contributed by atoms with Crippen LogP contribution in [0, 0.1) is 5.41 Å². The predicted molar refractivity (Wildman–Crippen MR) is 146 cm³/mol. The molecule has 0 spiro atoms. The van der Waals surface area contributed by atoms with Crippen LogP contribution < -0.4 is 0 Å². The van der Waals surface area contributed by atoms with Gasteiger partial charge in [0, 0.05) is 16.2 Å². The molecule has 3 nitrogen and oxygen atoms in total. The molecular weight excluding hydrogens is 475 g/mol. The summed E-state index contributed by atoms with van der Waals surface area (Å²) < 4.78 is 0. The monoisotopic (exact) mass is 508 g/mol. The van der Waals surface area contributed by atoms with Crippen LogP contribution in [0.4, 0.5) is 0 Å². The van der Waals surface area contributed by atoms with E-state index >= 15 is 0 Å². The minimum atomic E-state index is -0.389. The molecule has 5 heteroatoms. The van der Waals surface area contributed by atoms with Crippen molar-refractivity contribution in [2.45, 2.75) is 58.0 Å². The van der Waals surface area contributed by atoms with Gasteiger partial charge in [-0.05, 0) is 61.2 Å². The number of carbonyl (C=O) groups is 1. The van der Waals surface area contributed by atoms with Crippen LogP contribution in [-0.4, -0.2) is 15.8 Å². The normalized spacial score (nSPS) is 20.6. The SMILES string of the molecule is C1CC1.C=CCC1(C)CC[C@@H](c2ccc(Cl)cc2)N(Cc2ccccn2)C1=O.Clc1ccccc1. The molecule has 0 bridgehead atoms. The van der Waals surface area contributed by atoms with Crippen LogP contribution >= 0.6 is 23.2 Å². The molecule has 184 valence electrons. The molecule has 1 aliphatic carbocycles. The van der Waals surface area contributed by atoms with Crippen LogP contribution in [0.1, 0.15) is 62.7 Å². The maximum Gasteiger partial charge on any atom is 0.229 e. The Morgan fingerprint density at radius 2 is 1.60 bits per heavy atom. The predicted octanol–water partition coefficient (Wildman–Crippen LogP) is 8.69. The van der Waals surface area contributed by atoms with Crippen LogP contribution in [0.5, 0.6) is 0 Å². The number of halogens is 2. The lowest BCUT2D eigenvalue weighted by molar-refractivity contribution is -0.150. The summed E-state index contributed by atoms with van der Waals surface area (Å²) in [6.45, 7) is 6.39. The van der Waals surface area contributed by atoms with Gasteiger partial charge in [0.05, 0.1) is 23.7 Å². The Kier molecular flexibility index (Phi) is 10.4. The number of hydrogen-bond acceptors (Lipinski definition) is 2. The molecule has 1 amide bonds. The first-order valence-electron chi connectivity index (χ1n) is 12.2. The van der Waals surface area contributed by atoms with Gasteiger partial charge in [0.25, 0.3) is 0 Å². The number of nitrogens with zero attached hydrogens (tertiary/aromatic N) is 2. The van der Waals surface area contributed by atoms with E-state index in [1.807, 2.05) is 90.7 Å². The summed E-state index contributed by atoms with van der Waals surface area (Å²) >= 11 is 11.6.